The van der Waals surface area contributed by atoms with Crippen molar-refractivity contribution in [2.24, 2.45) is 11.3 Å². The van der Waals surface area contributed by atoms with Gasteiger partial charge in [-0.1, -0.05) is 0 Å². The molecule has 0 radical (unpaired) electrons. The lowest BCUT2D eigenvalue weighted by Gasteiger charge is -2.33. The van der Waals surface area contributed by atoms with Crippen LogP contribution in [0.3, 0.4) is 0 Å². The summed E-state index contributed by atoms with van der Waals surface area (Å²) in [4.78, 5) is 18.5. The normalized spacial score (nSPS) is 25.4. The van der Waals surface area contributed by atoms with Gasteiger partial charge in [-0.05, 0) is 62.7 Å². The van der Waals surface area contributed by atoms with E-state index in [1.165, 1.54) is 6.07 Å². The maximum Gasteiger partial charge on any atom is 0.417 e. The third-order valence-corrected chi connectivity index (χ3v) is 6.35. The van der Waals surface area contributed by atoms with Crippen molar-refractivity contribution in [1.82, 2.24) is 15.6 Å². The van der Waals surface area contributed by atoms with E-state index in [1.54, 1.807) is 0 Å². The van der Waals surface area contributed by atoms with Crippen LogP contribution < -0.4 is 15.5 Å². The number of carbonyl (C=O) groups is 1. The second-order valence-corrected chi connectivity index (χ2v) is 8.04. The monoisotopic (exact) mass is 382 g/mol. The number of hydrogen-bond donors (Lipinski definition) is 2. The number of pyridine rings is 1. The van der Waals surface area contributed by atoms with Crippen LogP contribution in [0.5, 0.6) is 0 Å². The third kappa shape index (κ3) is 3.90. The lowest BCUT2D eigenvalue weighted by molar-refractivity contribution is -0.137. The van der Waals surface area contributed by atoms with Crippen molar-refractivity contribution < 1.29 is 18.0 Å². The van der Waals surface area contributed by atoms with E-state index in [0.29, 0.717) is 18.9 Å². The van der Waals surface area contributed by atoms with Gasteiger partial charge >= 0.3 is 6.18 Å². The molecule has 0 bridgehead atoms. The van der Waals surface area contributed by atoms with Gasteiger partial charge in [0.25, 0.3) is 0 Å². The molecule has 4 rings (SSSR count). The van der Waals surface area contributed by atoms with Gasteiger partial charge < -0.3 is 15.5 Å². The van der Waals surface area contributed by atoms with Crippen molar-refractivity contribution in [3.8, 4) is 0 Å². The van der Waals surface area contributed by atoms with Crippen LogP contribution >= 0.6 is 0 Å². The molecule has 1 aromatic heterocycles. The summed E-state index contributed by atoms with van der Waals surface area (Å²) >= 11 is 0. The van der Waals surface area contributed by atoms with E-state index in [2.05, 4.69) is 15.6 Å². The predicted octanol–water partition coefficient (Wildman–Crippen LogP) is 2.58. The number of carbonyl (C=O) groups excluding carboxylic acids is 1. The van der Waals surface area contributed by atoms with Crippen LogP contribution in [0.4, 0.5) is 19.0 Å². The van der Waals surface area contributed by atoms with Gasteiger partial charge in [0.1, 0.15) is 5.82 Å². The van der Waals surface area contributed by atoms with Gasteiger partial charge in [-0.2, -0.15) is 13.2 Å². The molecule has 3 aliphatic rings. The molecule has 1 atom stereocenters. The maximum absolute atomic E-state index is 12.6. The molecule has 3 fully saturated rings. The minimum absolute atomic E-state index is 0.141. The molecule has 5 nitrogen and oxygen atoms in total. The van der Waals surface area contributed by atoms with E-state index in [4.69, 9.17) is 0 Å². The van der Waals surface area contributed by atoms with Gasteiger partial charge in [-0.25, -0.2) is 4.98 Å². The summed E-state index contributed by atoms with van der Waals surface area (Å²) in [5.74, 6) is 0.904. The van der Waals surface area contributed by atoms with Crippen LogP contribution in [-0.4, -0.2) is 43.1 Å². The Morgan fingerprint density at radius 1 is 1.22 bits per heavy atom. The second-order valence-electron chi connectivity index (χ2n) is 8.04. The van der Waals surface area contributed by atoms with Crippen molar-refractivity contribution in [3.05, 3.63) is 23.9 Å². The highest BCUT2D eigenvalue weighted by atomic mass is 19.4. The Labute approximate surface area is 156 Å². The number of nitrogens with one attached hydrogen (secondary N) is 2. The number of alkyl halides is 3. The first-order chi connectivity index (χ1) is 12.9. The Bertz CT molecular complexity index is 677. The molecule has 3 heterocycles. The lowest BCUT2D eigenvalue weighted by atomic mass is 9.91. The molecule has 148 valence electrons. The molecule has 1 aromatic rings. The van der Waals surface area contributed by atoms with Crippen molar-refractivity contribution in [2.45, 2.75) is 44.3 Å². The van der Waals surface area contributed by atoms with E-state index in [1.807, 2.05) is 4.90 Å². The van der Waals surface area contributed by atoms with Crippen LogP contribution in [0, 0.1) is 11.3 Å². The lowest BCUT2D eigenvalue weighted by Crippen LogP contribution is -2.46. The molecule has 1 amide bonds. The highest BCUT2D eigenvalue weighted by Gasteiger charge is 2.57. The van der Waals surface area contributed by atoms with Gasteiger partial charge in [0.2, 0.25) is 5.91 Å². The molecular formula is C19H25F3N4O. The fraction of sp³-hybridized carbons (Fsp3) is 0.684. The van der Waals surface area contributed by atoms with Gasteiger partial charge in [0, 0.05) is 31.2 Å². The number of rotatable bonds is 3. The fourth-order valence-corrected chi connectivity index (χ4v) is 4.49. The summed E-state index contributed by atoms with van der Waals surface area (Å²) in [7, 11) is 0. The van der Waals surface area contributed by atoms with E-state index < -0.39 is 11.7 Å². The maximum atomic E-state index is 12.6. The average Bonchev–Trinajstić information content (AvgIpc) is 3.35. The largest absolute Gasteiger partial charge is 0.417 e. The zero-order valence-corrected chi connectivity index (χ0v) is 15.2. The molecule has 2 N–H and O–H groups in total. The first-order valence-corrected chi connectivity index (χ1v) is 9.67. The quantitative estimate of drug-likeness (QED) is 0.844. The number of hydrogen-bond acceptors (Lipinski definition) is 4. The van der Waals surface area contributed by atoms with Crippen LogP contribution in [0.1, 0.15) is 37.7 Å². The summed E-state index contributed by atoms with van der Waals surface area (Å²) in [6, 6.07) is 2.64. The molecule has 8 heteroatoms. The number of halogens is 3. The summed E-state index contributed by atoms with van der Waals surface area (Å²) in [6.07, 6.45) is 1.28. The number of amides is 1. The molecule has 27 heavy (non-hydrogen) atoms. The highest BCUT2D eigenvalue weighted by Crippen LogP contribution is 2.58. The number of nitrogens with zero attached hydrogens (tertiary/aromatic N) is 2. The van der Waals surface area contributed by atoms with Crippen LogP contribution in [0.2, 0.25) is 0 Å². The number of anilines is 1. The molecule has 0 aromatic carbocycles. The Kier molecular flexibility index (Phi) is 4.78. The topological polar surface area (TPSA) is 57.3 Å². The smallest absolute Gasteiger partial charge is 0.356 e. The summed E-state index contributed by atoms with van der Waals surface area (Å²) in [5, 5.41) is 6.55. The second kappa shape index (κ2) is 6.96. The minimum atomic E-state index is -4.36. The number of aromatic nitrogens is 1. The minimum Gasteiger partial charge on any atom is -0.356 e. The Balaban J connectivity index is 1.26. The molecule has 1 saturated carbocycles. The van der Waals surface area contributed by atoms with E-state index in [-0.39, 0.29) is 23.3 Å². The molecule has 1 aliphatic carbocycles. The Morgan fingerprint density at radius 3 is 2.52 bits per heavy atom. The van der Waals surface area contributed by atoms with Gasteiger partial charge in [0.05, 0.1) is 5.56 Å². The van der Waals surface area contributed by atoms with Crippen molar-refractivity contribution in [1.29, 1.82) is 0 Å². The van der Waals surface area contributed by atoms with Gasteiger partial charge in [-0.3, -0.25) is 4.79 Å². The molecular weight excluding hydrogens is 357 g/mol. The van der Waals surface area contributed by atoms with Crippen LogP contribution in [0.25, 0.3) is 0 Å². The summed E-state index contributed by atoms with van der Waals surface area (Å²) in [6.45, 7) is 3.37. The third-order valence-electron chi connectivity index (χ3n) is 6.35. The van der Waals surface area contributed by atoms with Crippen LogP contribution in [0.15, 0.2) is 18.3 Å². The Hall–Kier alpha value is -1.83. The van der Waals surface area contributed by atoms with Gasteiger partial charge in [-0.15, -0.1) is 0 Å². The zero-order valence-electron chi connectivity index (χ0n) is 15.2. The fourth-order valence-electron chi connectivity index (χ4n) is 4.49. The SMILES string of the molecule is O=C(NC1CCN(c2ccc(C(F)(F)F)cn2)CC1)C1CC12CCNCC2. The first kappa shape index (κ1) is 18.5. The van der Waals surface area contributed by atoms with E-state index in [0.717, 1.165) is 57.5 Å². The predicted molar refractivity (Wildman–Crippen MR) is 95.3 cm³/mol. The summed E-state index contributed by atoms with van der Waals surface area (Å²) < 4.78 is 37.9. The van der Waals surface area contributed by atoms with Crippen molar-refractivity contribution in [3.63, 3.8) is 0 Å². The van der Waals surface area contributed by atoms with Crippen LogP contribution in [-0.2, 0) is 11.0 Å². The Morgan fingerprint density at radius 2 is 1.93 bits per heavy atom. The van der Waals surface area contributed by atoms with E-state index >= 15 is 0 Å². The molecule has 1 unspecified atom stereocenters. The zero-order chi connectivity index (χ0) is 19.1. The molecule has 2 saturated heterocycles. The van der Waals surface area contributed by atoms with E-state index in [9.17, 15) is 18.0 Å². The molecule has 1 spiro atoms. The average molecular weight is 382 g/mol. The van der Waals surface area contributed by atoms with Crippen molar-refractivity contribution >= 4 is 11.7 Å². The van der Waals surface area contributed by atoms with Crippen molar-refractivity contribution in [2.75, 3.05) is 31.1 Å². The highest BCUT2D eigenvalue weighted by molar-refractivity contribution is 5.83. The summed E-state index contributed by atoms with van der Waals surface area (Å²) in [5.41, 5.74) is -0.495. The standard InChI is InChI=1S/C19H25F3N4O/c20-19(21,22)13-1-2-16(24-12-13)26-9-3-14(4-10-26)25-17(27)15-11-18(15)5-7-23-8-6-18/h1-2,12,14-15,23H,3-11H2,(H,25,27). The molecule has 2 aliphatic heterocycles. The number of piperidine rings is 2. The first-order valence-electron chi connectivity index (χ1n) is 9.67. The van der Waals surface area contributed by atoms with Gasteiger partial charge in [0.15, 0.2) is 0 Å².